The van der Waals surface area contributed by atoms with Gasteiger partial charge in [0.1, 0.15) is 5.75 Å². The number of ether oxygens (including phenoxy) is 2. The molecule has 0 amide bonds. The van der Waals surface area contributed by atoms with Crippen LogP contribution in [0.4, 0.5) is 0 Å². The second kappa shape index (κ2) is 5.83. The summed E-state index contributed by atoms with van der Waals surface area (Å²) in [5.74, 6) is 0.977. The van der Waals surface area contributed by atoms with Gasteiger partial charge in [0.05, 0.1) is 13.2 Å². The van der Waals surface area contributed by atoms with Gasteiger partial charge < -0.3 is 9.47 Å². The smallest absolute Gasteiger partial charge is 0.161 e. The molecular weight excluding hydrogens is 228 g/mol. The zero-order valence-electron chi connectivity index (χ0n) is 10.8. The molecule has 0 radical (unpaired) electrons. The molecule has 1 aliphatic carbocycles. The molecule has 18 heavy (non-hydrogen) atoms. The molecule has 96 valence electrons. The van der Waals surface area contributed by atoms with Gasteiger partial charge in [-0.25, -0.2) is 0 Å². The van der Waals surface area contributed by atoms with Crippen LogP contribution < -0.4 is 4.74 Å². The maximum Gasteiger partial charge on any atom is 0.161 e. The number of benzene rings is 1. The Bertz CT molecular complexity index is 463. The van der Waals surface area contributed by atoms with Crippen molar-refractivity contribution >= 4 is 11.9 Å². The molecule has 0 aliphatic heterocycles. The third-order valence-electron chi connectivity index (χ3n) is 3.31. The number of rotatable bonds is 3. The standard InChI is InChI=1S/C15H18O3/c1-17-13-8-7-11(14(16)10-13)9-12-5-3-4-6-15(12)18-2/h3-6,9,13H,7-8,10H2,1-2H3/b11-9-. The molecule has 3 nitrogen and oxygen atoms in total. The van der Waals surface area contributed by atoms with E-state index in [2.05, 4.69) is 0 Å². The molecule has 1 fully saturated rings. The van der Waals surface area contributed by atoms with E-state index < -0.39 is 0 Å². The number of hydrogen-bond donors (Lipinski definition) is 0. The number of methoxy groups -OCH3 is 2. The van der Waals surface area contributed by atoms with E-state index >= 15 is 0 Å². The normalized spacial score (nSPS) is 22.2. The molecule has 1 atom stereocenters. The monoisotopic (exact) mass is 246 g/mol. The maximum atomic E-state index is 12.0. The second-order valence-corrected chi connectivity index (χ2v) is 4.44. The highest BCUT2D eigenvalue weighted by Crippen LogP contribution is 2.27. The average molecular weight is 246 g/mol. The first-order valence-electron chi connectivity index (χ1n) is 6.14. The predicted molar refractivity (Wildman–Crippen MR) is 70.6 cm³/mol. The van der Waals surface area contributed by atoms with Crippen molar-refractivity contribution in [2.75, 3.05) is 14.2 Å². The molecular formula is C15H18O3. The molecule has 2 rings (SSSR count). The van der Waals surface area contributed by atoms with Crippen molar-refractivity contribution in [3.63, 3.8) is 0 Å². The topological polar surface area (TPSA) is 35.5 Å². The Morgan fingerprint density at radius 1 is 1.28 bits per heavy atom. The third kappa shape index (κ3) is 2.79. The van der Waals surface area contributed by atoms with E-state index in [9.17, 15) is 4.79 Å². The lowest BCUT2D eigenvalue weighted by molar-refractivity contribution is -0.119. The highest BCUT2D eigenvalue weighted by atomic mass is 16.5. The molecule has 1 aromatic rings. The quantitative estimate of drug-likeness (QED) is 0.769. The minimum absolute atomic E-state index is 0.0762. The van der Waals surface area contributed by atoms with Crippen LogP contribution in [0, 0.1) is 0 Å². The Morgan fingerprint density at radius 3 is 2.72 bits per heavy atom. The van der Waals surface area contributed by atoms with Gasteiger partial charge in [0.2, 0.25) is 0 Å². The van der Waals surface area contributed by atoms with Crippen molar-refractivity contribution in [2.24, 2.45) is 0 Å². The predicted octanol–water partition coefficient (Wildman–Crippen LogP) is 2.85. The summed E-state index contributed by atoms with van der Waals surface area (Å²) in [5.41, 5.74) is 1.83. The first kappa shape index (κ1) is 12.8. The van der Waals surface area contributed by atoms with Crippen LogP contribution in [0.15, 0.2) is 29.8 Å². The van der Waals surface area contributed by atoms with Gasteiger partial charge in [0.15, 0.2) is 5.78 Å². The van der Waals surface area contributed by atoms with Crippen LogP contribution in [-0.2, 0) is 9.53 Å². The molecule has 1 aliphatic rings. The van der Waals surface area contributed by atoms with E-state index in [1.807, 2.05) is 30.3 Å². The lowest BCUT2D eigenvalue weighted by Gasteiger charge is -2.21. The molecule has 0 N–H and O–H groups in total. The van der Waals surface area contributed by atoms with Gasteiger partial charge in [-0.3, -0.25) is 4.79 Å². The number of carbonyl (C=O) groups is 1. The lowest BCUT2D eigenvalue weighted by atomic mass is 9.90. The molecule has 1 saturated carbocycles. The minimum atomic E-state index is 0.0762. The van der Waals surface area contributed by atoms with E-state index in [-0.39, 0.29) is 11.9 Å². The van der Waals surface area contributed by atoms with Gasteiger partial charge in [0, 0.05) is 19.1 Å². The van der Waals surface area contributed by atoms with Gasteiger partial charge in [-0.05, 0) is 30.6 Å². The molecule has 0 aromatic heterocycles. The maximum absolute atomic E-state index is 12.0. The molecule has 1 unspecified atom stereocenters. The van der Waals surface area contributed by atoms with Crippen molar-refractivity contribution in [3.05, 3.63) is 35.4 Å². The fraction of sp³-hybridized carbons (Fsp3) is 0.400. The highest BCUT2D eigenvalue weighted by molar-refractivity contribution is 6.00. The zero-order chi connectivity index (χ0) is 13.0. The van der Waals surface area contributed by atoms with Crippen LogP contribution in [0.25, 0.3) is 6.08 Å². The van der Waals surface area contributed by atoms with Crippen LogP contribution >= 0.6 is 0 Å². The summed E-state index contributed by atoms with van der Waals surface area (Å²) >= 11 is 0. The Balaban J connectivity index is 2.21. The Hall–Kier alpha value is -1.61. The molecule has 1 aromatic carbocycles. The lowest BCUT2D eigenvalue weighted by Crippen LogP contribution is -2.23. The van der Waals surface area contributed by atoms with Gasteiger partial charge in [-0.1, -0.05) is 18.2 Å². The molecule has 0 bridgehead atoms. The number of ketones is 1. The van der Waals surface area contributed by atoms with Crippen LogP contribution in [0.3, 0.4) is 0 Å². The summed E-state index contributed by atoms with van der Waals surface area (Å²) in [6.07, 6.45) is 4.18. The van der Waals surface area contributed by atoms with Crippen molar-refractivity contribution in [3.8, 4) is 5.75 Å². The van der Waals surface area contributed by atoms with E-state index in [4.69, 9.17) is 9.47 Å². The fourth-order valence-corrected chi connectivity index (χ4v) is 2.22. The first-order chi connectivity index (χ1) is 8.74. The number of Topliss-reactive ketones (excluding diaryl/α,β-unsaturated/α-hetero) is 1. The number of allylic oxidation sites excluding steroid dienone is 1. The second-order valence-electron chi connectivity index (χ2n) is 4.44. The summed E-state index contributed by atoms with van der Waals surface area (Å²) in [7, 11) is 3.30. The Labute approximate surface area is 107 Å². The van der Waals surface area contributed by atoms with E-state index in [1.165, 1.54) is 0 Å². The Kier molecular flexibility index (Phi) is 4.15. The molecule has 0 heterocycles. The summed E-state index contributed by atoms with van der Waals surface area (Å²) < 4.78 is 10.5. The fourth-order valence-electron chi connectivity index (χ4n) is 2.22. The largest absolute Gasteiger partial charge is 0.496 e. The first-order valence-corrected chi connectivity index (χ1v) is 6.14. The van der Waals surface area contributed by atoms with E-state index in [0.29, 0.717) is 6.42 Å². The summed E-state index contributed by atoms with van der Waals surface area (Å²) in [6.45, 7) is 0. The van der Waals surface area contributed by atoms with Crippen molar-refractivity contribution in [1.29, 1.82) is 0 Å². The van der Waals surface area contributed by atoms with Crippen LogP contribution in [-0.4, -0.2) is 26.1 Å². The zero-order valence-corrected chi connectivity index (χ0v) is 10.8. The van der Waals surface area contributed by atoms with Gasteiger partial charge in [-0.15, -0.1) is 0 Å². The number of carbonyl (C=O) groups excluding carboxylic acids is 1. The average Bonchev–Trinajstić information content (AvgIpc) is 2.41. The molecule has 3 heteroatoms. The number of para-hydroxylation sites is 1. The summed E-state index contributed by atoms with van der Waals surface area (Å²) in [5, 5.41) is 0. The molecule has 0 spiro atoms. The van der Waals surface area contributed by atoms with Crippen molar-refractivity contribution < 1.29 is 14.3 Å². The van der Waals surface area contributed by atoms with Crippen molar-refractivity contribution in [1.82, 2.24) is 0 Å². The Morgan fingerprint density at radius 2 is 2.06 bits per heavy atom. The van der Waals surface area contributed by atoms with Crippen LogP contribution in [0.1, 0.15) is 24.8 Å². The van der Waals surface area contributed by atoms with E-state index in [1.54, 1.807) is 14.2 Å². The van der Waals surface area contributed by atoms with Gasteiger partial charge in [0.25, 0.3) is 0 Å². The van der Waals surface area contributed by atoms with Crippen LogP contribution in [0.2, 0.25) is 0 Å². The van der Waals surface area contributed by atoms with Gasteiger partial charge in [-0.2, -0.15) is 0 Å². The number of hydrogen-bond acceptors (Lipinski definition) is 3. The van der Waals surface area contributed by atoms with Crippen LogP contribution in [0.5, 0.6) is 5.75 Å². The van der Waals surface area contributed by atoms with Crippen molar-refractivity contribution in [2.45, 2.75) is 25.4 Å². The van der Waals surface area contributed by atoms with E-state index in [0.717, 1.165) is 29.7 Å². The summed E-state index contributed by atoms with van der Waals surface area (Å²) in [6, 6.07) is 7.73. The SMILES string of the molecule is COc1ccccc1/C=C1/CCC(OC)CC1=O. The third-order valence-corrected chi connectivity index (χ3v) is 3.31. The van der Waals surface area contributed by atoms with Gasteiger partial charge >= 0.3 is 0 Å². The summed E-state index contributed by atoms with van der Waals surface area (Å²) in [4.78, 5) is 12.0. The minimum Gasteiger partial charge on any atom is -0.496 e. The molecule has 0 saturated heterocycles. The highest BCUT2D eigenvalue weighted by Gasteiger charge is 2.23.